The summed E-state index contributed by atoms with van der Waals surface area (Å²) in [7, 11) is 1.39. The molecule has 5 heteroatoms. The highest BCUT2D eigenvalue weighted by Crippen LogP contribution is 2.30. The predicted molar refractivity (Wildman–Crippen MR) is 78.7 cm³/mol. The Balaban J connectivity index is 2.91. The molecule has 1 aromatic carbocycles. The molecule has 19 heavy (non-hydrogen) atoms. The van der Waals surface area contributed by atoms with Gasteiger partial charge in [0.25, 0.3) is 0 Å². The highest BCUT2D eigenvalue weighted by molar-refractivity contribution is 6.42. The van der Waals surface area contributed by atoms with Gasteiger partial charge in [0.1, 0.15) is 6.04 Å². The van der Waals surface area contributed by atoms with Crippen LogP contribution in [0.4, 0.5) is 0 Å². The molecule has 1 unspecified atom stereocenters. The standard InChI is InChI=1S/C14H19Cl2NO2/c1-8(2)13(14(18)19-4)17-9(3)10-6-5-7-11(15)12(10)16/h5-9,13,17H,1-4H3/t9?,13-/m0/s1. The van der Waals surface area contributed by atoms with Gasteiger partial charge in [0, 0.05) is 6.04 Å². The Morgan fingerprint density at radius 1 is 1.26 bits per heavy atom. The Kier molecular flexibility index (Phi) is 6.11. The van der Waals surface area contributed by atoms with Gasteiger partial charge in [-0.05, 0) is 24.5 Å². The third-order valence-corrected chi connectivity index (χ3v) is 3.83. The number of halogens is 2. The zero-order valence-electron chi connectivity index (χ0n) is 11.5. The van der Waals surface area contributed by atoms with Gasteiger partial charge in [0.15, 0.2) is 0 Å². The van der Waals surface area contributed by atoms with Crippen molar-refractivity contribution in [2.75, 3.05) is 7.11 Å². The van der Waals surface area contributed by atoms with Crippen molar-refractivity contribution in [3.63, 3.8) is 0 Å². The van der Waals surface area contributed by atoms with Crippen molar-refractivity contribution in [1.82, 2.24) is 5.32 Å². The Hall–Kier alpha value is -0.770. The molecule has 0 aliphatic carbocycles. The topological polar surface area (TPSA) is 38.3 Å². The highest BCUT2D eigenvalue weighted by atomic mass is 35.5. The number of esters is 1. The number of rotatable bonds is 5. The molecule has 1 aromatic rings. The van der Waals surface area contributed by atoms with E-state index in [-0.39, 0.29) is 24.0 Å². The number of nitrogens with one attached hydrogen (secondary N) is 1. The summed E-state index contributed by atoms with van der Waals surface area (Å²) in [6.45, 7) is 5.86. The lowest BCUT2D eigenvalue weighted by molar-refractivity contribution is -0.144. The summed E-state index contributed by atoms with van der Waals surface area (Å²) in [4.78, 5) is 11.7. The minimum Gasteiger partial charge on any atom is -0.468 e. The van der Waals surface area contributed by atoms with Crippen molar-refractivity contribution >= 4 is 29.2 Å². The number of methoxy groups -OCH3 is 1. The van der Waals surface area contributed by atoms with Gasteiger partial charge in [-0.3, -0.25) is 10.1 Å². The quantitative estimate of drug-likeness (QED) is 0.840. The van der Waals surface area contributed by atoms with Crippen LogP contribution in [0.15, 0.2) is 18.2 Å². The molecule has 0 aliphatic heterocycles. The normalized spacial score (nSPS) is 14.3. The van der Waals surface area contributed by atoms with Crippen LogP contribution >= 0.6 is 23.2 Å². The van der Waals surface area contributed by atoms with Crippen LogP contribution in [0.5, 0.6) is 0 Å². The van der Waals surface area contributed by atoms with Gasteiger partial charge in [-0.2, -0.15) is 0 Å². The molecule has 1 rings (SSSR count). The predicted octanol–water partition coefficient (Wildman–Crippen LogP) is 3.84. The minimum atomic E-state index is -0.380. The molecule has 0 bridgehead atoms. The molecule has 0 spiro atoms. The molecule has 0 fully saturated rings. The van der Waals surface area contributed by atoms with Crippen LogP contribution in [0, 0.1) is 5.92 Å². The van der Waals surface area contributed by atoms with Gasteiger partial charge in [-0.1, -0.05) is 49.2 Å². The Morgan fingerprint density at radius 3 is 2.42 bits per heavy atom. The second-order valence-electron chi connectivity index (χ2n) is 4.78. The van der Waals surface area contributed by atoms with Crippen LogP contribution in [0.3, 0.4) is 0 Å². The zero-order chi connectivity index (χ0) is 14.6. The molecule has 0 aliphatic rings. The van der Waals surface area contributed by atoms with Gasteiger partial charge >= 0.3 is 5.97 Å². The molecule has 1 N–H and O–H groups in total. The third-order valence-electron chi connectivity index (χ3n) is 3.00. The van der Waals surface area contributed by atoms with Crippen LogP contribution in [0.2, 0.25) is 10.0 Å². The van der Waals surface area contributed by atoms with Crippen molar-refractivity contribution in [2.24, 2.45) is 5.92 Å². The van der Waals surface area contributed by atoms with Crippen molar-refractivity contribution in [2.45, 2.75) is 32.9 Å². The lowest BCUT2D eigenvalue weighted by atomic mass is 10.0. The Bertz CT molecular complexity index is 449. The largest absolute Gasteiger partial charge is 0.468 e. The van der Waals surface area contributed by atoms with Gasteiger partial charge in [0.05, 0.1) is 17.2 Å². The maximum Gasteiger partial charge on any atom is 0.323 e. The number of benzene rings is 1. The molecule has 0 saturated heterocycles. The first-order valence-electron chi connectivity index (χ1n) is 6.16. The number of hydrogen-bond acceptors (Lipinski definition) is 3. The second-order valence-corrected chi connectivity index (χ2v) is 5.56. The van der Waals surface area contributed by atoms with Crippen molar-refractivity contribution in [3.8, 4) is 0 Å². The highest BCUT2D eigenvalue weighted by Gasteiger charge is 2.25. The first-order chi connectivity index (χ1) is 8.88. The van der Waals surface area contributed by atoms with E-state index < -0.39 is 0 Å². The molecule has 3 nitrogen and oxygen atoms in total. The SMILES string of the molecule is COC(=O)[C@@H](NC(C)c1cccc(Cl)c1Cl)C(C)C. The van der Waals surface area contributed by atoms with E-state index in [1.807, 2.05) is 32.9 Å². The van der Waals surface area contributed by atoms with Crippen LogP contribution in [0.25, 0.3) is 0 Å². The fraction of sp³-hybridized carbons (Fsp3) is 0.500. The Labute approximate surface area is 124 Å². The maximum atomic E-state index is 11.7. The molecular weight excluding hydrogens is 285 g/mol. The molecular formula is C14H19Cl2NO2. The van der Waals surface area contributed by atoms with Crippen LogP contribution in [-0.4, -0.2) is 19.1 Å². The van der Waals surface area contributed by atoms with E-state index in [4.69, 9.17) is 27.9 Å². The monoisotopic (exact) mass is 303 g/mol. The Morgan fingerprint density at radius 2 is 1.89 bits per heavy atom. The summed E-state index contributed by atoms with van der Waals surface area (Å²) < 4.78 is 4.80. The number of carbonyl (C=O) groups is 1. The van der Waals surface area contributed by atoms with E-state index in [1.165, 1.54) is 7.11 Å². The van der Waals surface area contributed by atoms with E-state index in [1.54, 1.807) is 6.07 Å². The first-order valence-corrected chi connectivity index (χ1v) is 6.91. The summed E-state index contributed by atoms with van der Waals surface area (Å²) >= 11 is 12.2. The molecule has 0 radical (unpaired) electrons. The summed E-state index contributed by atoms with van der Waals surface area (Å²) in [6.07, 6.45) is 0. The molecule has 106 valence electrons. The zero-order valence-corrected chi connectivity index (χ0v) is 13.0. The average Bonchev–Trinajstić information content (AvgIpc) is 2.37. The first kappa shape index (κ1) is 16.3. The van der Waals surface area contributed by atoms with Crippen LogP contribution in [-0.2, 0) is 9.53 Å². The minimum absolute atomic E-state index is 0.0994. The van der Waals surface area contributed by atoms with Gasteiger partial charge < -0.3 is 4.74 Å². The van der Waals surface area contributed by atoms with E-state index >= 15 is 0 Å². The number of carbonyl (C=O) groups excluding carboxylic acids is 1. The molecule has 0 aromatic heterocycles. The van der Waals surface area contributed by atoms with E-state index in [0.717, 1.165) is 5.56 Å². The second kappa shape index (κ2) is 7.13. The number of hydrogen-bond donors (Lipinski definition) is 1. The van der Waals surface area contributed by atoms with E-state index in [9.17, 15) is 4.79 Å². The summed E-state index contributed by atoms with van der Waals surface area (Å²) in [5.74, 6) is -0.159. The molecule has 2 atom stereocenters. The summed E-state index contributed by atoms with van der Waals surface area (Å²) in [5, 5.41) is 4.25. The lowest BCUT2D eigenvalue weighted by Gasteiger charge is -2.25. The van der Waals surface area contributed by atoms with E-state index in [0.29, 0.717) is 10.0 Å². The van der Waals surface area contributed by atoms with Crippen LogP contribution < -0.4 is 5.32 Å². The summed E-state index contributed by atoms with van der Waals surface area (Å²) in [5.41, 5.74) is 0.865. The van der Waals surface area contributed by atoms with Crippen molar-refractivity contribution < 1.29 is 9.53 Å². The molecule has 0 heterocycles. The van der Waals surface area contributed by atoms with Gasteiger partial charge in [-0.15, -0.1) is 0 Å². The summed E-state index contributed by atoms with van der Waals surface area (Å²) in [6, 6.07) is 4.98. The number of ether oxygens (including phenoxy) is 1. The lowest BCUT2D eigenvalue weighted by Crippen LogP contribution is -2.43. The average molecular weight is 304 g/mol. The van der Waals surface area contributed by atoms with Crippen molar-refractivity contribution in [3.05, 3.63) is 33.8 Å². The maximum absolute atomic E-state index is 11.7. The van der Waals surface area contributed by atoms with Crippen LogP contribution in [0.1, 0.15) is 32.4 Å². The van der Waals surface area contributed by atoms with E-state index in [2.05, 4.69) is 5.32 Å². The molecule has 0 amide bonds. The molecule has 0 saturated carbocycles. The third kappa shape index (κ3) is 4.10. The fourth-order valence-electron chi connectivity index (χ4n) is 1.87. The smallest absolute Gasteiger partial charge is 0.323 e. The van der Waals surface area contributed by atoms with Crippen molar-refractivity contribution in [1.29, 1.82) is 0 Å². The van der Waals surface area contributed by atoms with Gasteiger partial charge in [0.2, 0.25) is 0 Å². The fourth-order valence-corrected chi connectivity index (χ4v) is 2.35. The van der Waals surface area contributed by atoms with Gasteiger partial charge in [-0.25, -0.2) is 0 Å².